The van der Waals surface area contributed by atoms with E-state index >= 15 is 0 Å². The predicted octanol–water partition coefficient (Wildman–Crippen LogP) is 4.18. The highest BCUT2D eigenvalue weighted by molar-refractivity contribution is 7.80. The number of amides is 1. The fourth-order valence-corrected chi connectivity index (χ4v) is 3.49. The van der Waals surface area contributed by atoms with Crippen molar-refractivity contribution in [1.82, 2.24) is 4.90 Å². The van der Waals surface area contributed by atoms with Gasteiger partial charge < -0.3 is 19.7 Å². The number of rotatable bonds is 6. The molecule has 0 spiro atoms. The molecule has 0 saturated carbocycles. The number of benzene rings is 2. The first kappa shape index (κ1) is 20.1. The molecule has 0 radical (unpaired) electrons. The van der Waals surface area contributed by atoms with Crippen LogP contribution in [0.4, 0.5) is 5.69 Å². The topological polar surface area (TPSA) is 50.8 Å². The molecule has 0 bridgehead atoms. The quantitative estimate of drug-likeness (QED) is 0.740. The Bertz CT molecular complexity index is 830. The average Bonchev–Trinajstić information content (AvgIpc) is 2.74. The summed E-state index contributed by atoms with van der Waals surface area (Å²) in [5.74, 6) is 0.866. The zero-order valence-electron chi connectivity index (χ0n) is 16.4. The van der Waals surface area contributed by atoms with Crippen LogP contribution in [0, 0.1) is 6.92 Å². The molecule has 1 fully saturated rings. The van der Waals surface area contributed by atoms with E-state index in [1.54, 1.807) is 7.11 Å². The van der Waals surface area contributed by atoms with Crippen molar-refractivity contribution in [2.24, 2.45) is 0 Å². The number of carbonyl (C=O) groups is 1. The predicted molar refractivity (Wildman–Crippen MR) is 115 cm³/mol. The fraction of sp³-hybridized carbons (Fsp3) is 0.364. The van der Waals surface area contributed by atoms with E-state index in [1.807, 2.05) is 49.4 Å². The summed E-state index contributed by atoms with van der Waals surface area (Å²) in [6, 6.07) is 13.2. The molecule has 0 unspecified atom stereocenters. The molecule has 2 aromatic rings. The highest BCUT2D eigenvalue weighted by Crippen LogP contribution is 2.29. The van der Waals surface area contributed by atoms with Gasteiger partial charge in [0.05, 0.1) is 7.11 Å². The van der Waals surface area contributed by atoms with E-state index in [0.717, 1.165) is 34.9 Å². The van der Waals surface area contributed by atoms with Gasteiger partial charge in [-0.05, 0) is 56.5 Å². The molecule has 6 heteroatoms. The number of nitrogens with one attached hydrogen (secondary N) is 1. The molecule has 2 aromatic carbocycles. The molecule has 5 nitrogen and oxygen atoms in total. The molecule has 3 rings (SSSR count). The third-order valence-corrected chi connectivity index (χ3v) is 5.24. The van der Waals surface area contributed by atoms with E-state index in [4.69, 9.17) is 21.7 Å². The maximum absolute atomic E-state index is 12.1. The highest BCUT2D eigenvalue weighted by Gasteiger charge is 2.17. The molecule has 1 N–H and O–H groups in total. The Labute approximate surface area is 171 Å². The summed E-state index contributed by atoms with van der Waals surface area (Å²) >= 11 is 5.64. The average molecular weight is 399 g/mol. The number of hydrogen-bond donors (Lipinski definition) is 1. The molecule has 28 heavy (non-hydrogen) atoms. The summed E-state index contributed by atoms with van der Waals surface area (Å²) in [4.78, 5) is 15.2. The lowest BCUT2D eigenvalue weighted by Gasteiger charge is -2.29. The lowest BCUT2D eigenvalue weighted by atomic mass is 10.1. The Kier molecular flexibility index (Phi) is 6.87. The molecule has 1 aliphatic heterocycles. The molecular weight excluding hydrogens is 372 g/mol. The van der Waals surface area contributed by atoms with Crippen molar-refractivity contribution in [3.8, 4) is 11.5 Å². The first-order valence-electron chi connectivity index (χ1n) is 9.53. The Morgan fingerprint density at radius 3 is 2.46 bits per heavy atom. The van der Waals surface area contributed by atoms with Crippen molar-refractivity contribution in [1.29, 1.82) is 0 Å². The maximum atomic E-state index is 12.1. The summed E-state index contributed by atoms with van der Waals surface area (Å²) in [5.41, 5.74) is 2.82. The van der Waals surface area contributed by atoms with E-state index in [2.05, 4.69) is 10.2 Å². The van der Waals surface area contributed by atoms with Crippen molar-refractivity contribution < 1.29 is 14.3 Å². The zero-order chi connectivity index (χ0) is 19.9. The summed E-state index contributed by atoms with van der Waals surface area (Å²) in [7, 11) is 1.59. The van der Waals surface area contributed by atoms with Crippen LogP contribution < -0.4 is 14.8 Å². The first-order valence-corrected chi connectivity index (χ1v) is 9.94. The highest BCUT2D eigenvalue weighted by atomic mass is 32.1. The van der Waals surface area contributed by atoms with Crippen molar-refractivity contribution >= 4 is 28.8 Å². The summed E-state index contributed by atoms with van der Waals surface area (Å²) in [6.07, 6.45) is 3.61. The van der Waals surface area contributed by atoms with Crippen molar-refractivity contribution in [3.63, 3.8) is 0 Å². The number of nitrogens with zero attached hydrogens (tertiary/aromatic N) is 1. The summed E-state index contributed by atoms with van der Waals surface area (Å²) in [5, 5.41) is 2.82. The van der Waals surface area contributed by atoms with Crippen LogP contribution in [-0.4, -0.2) is 42.6 Å². The minimum Gasteiger partial charge on any atom is -0.493 e. The Morgan fingerprint density at radius 1 is 1.07 bits per heavy atom. The van der Waals surface area contributed by atoms with Crippen LogP contribution in [0.2, 0.25) is 0 Å². The van der Waals surface area contributed by atoms with Gasteiger partial charge in [0, 0.05) is 24.3 Å². The molecule has 148 valence electrons. The van der Waals surface area contributed by atoms with E-state index in [-0.39, 0.29) is 12.5 Å². The Hall–Kier alpha value is -2.60. The van der Waals surface area contributed by atoms with Crippen LogP contribution in [-0.2, 0) is 4.79 Å². The van der Waals surface area contributed by atoms with Gasteiger partial charge in [-0.3, -0.25) is 4.79 Å². The number of piperidine rings is 1. The number of aryl methyl sites for hydroxylation is 1. The number of hydrogen-bond acceptors (Lipinski definition) is 4. The van der Waals surface area contributed by atoms with Gasteiger partial charge in [-0.25, -0.2) is 0 Å². The second-order valence-corrected chi connectivity index (χ2v) is 7.31. The number of ether oxygens (including phenoxy) is 2. The molecule has 1 aliphatic rings. The minimum absolute atomic E-state index is 0.0971. The minimum atomic E-state index is -0.223. The Morgan fingerprint density at radius 2 is 1.79 bits per heavy atom. The smallest absolute Gasteiger partial charge is 0.262 e. The van der Waals surface area contributed by atoms with Gasteiger partial charge >= 0.3 is 0 Å². The zero-order valence-corrected chi connectivity index (χ0v) is 17.2. The van der Waals surface area contributed by atoms with Gasteiger partial charge in [0.2, 0.25) is 0 Å². The summed E-state index contributed by atoms with van der Waals surface area (Å²) in [6.45, 7) is 3.90. The number of carbonyl (C=O) groups excluding carboxylic acids is 1. The second kappa shape index (κ2) is 9.55. The third-order valence-electron chi connectivity index (χ3n) is 4.75. The first-order chi connectivity index (χ1) is 13.6. The lowest BCUT2D eigenvalue weighted by Crippen LogP contribution is -2.34. The number of anilines is 1. The maximum Gasteiger partial charge on any atom is 0.262 e. The van der Waals surface area contributed by atoms with Crippen LogP contribution >= 0.6 is 12.2 Å². The van der Waals surface area contributed by atoms with E-state index in [9.17, 15) is 4.79 Å². The van der Waals surface area contributed by atoms with Crippen LogP contribution in [0.5, 0.6) is 11.5 Å². The van der Waals surface area contributed by atoms with Gasteiger partial charge in [0.15, 0.2) is 18.1 Å². The Balaban J connectivity index is 1.61. The van der Waals surface area contributed by atoms with Crippen LogP contribution in [0.15, 0.2) is 42.5 Å². The van der Waals surface area contributed by atoms with E-state index < -0.39 is 0 Å². The number of thiocarbonyl (C=S) groups is 1. The fourth-order valence-electron chi connectivity index (χ4n) is 3.18. The van der Waals surface area contributed by atoms with Crippen LogP contribution in [0.25, 0.3) is 0 Å². The van der Waals surface area contributed by atoms with E-state index in [0.29, 0.717) is 11.5 Å². The van der Waals surface area contributed by atoms with Gasteiger partial charge in [-0.1, -0.05) is 29.9 Å². The second-order valence-electron chi connectivity index (χ2n) is 6.92. The van der Waals surface area contributed by atoms with Gasteiger partial charge in [-0.15, -0.1) is 0 Å². The molecule has 1 heterocycles. The van der Waals surface area contributed by atoms with Gasteiger partial charge in [0.25, 0.3) is 5.91 Å². The standard InChI is InChI=1S/C22H26N2O3S/c1-16-6-9-18(10-7-16)23-21(25)15-27-19-11-8-17(14-20(19)26-2)22(28)24-12-4-3-5-13-24/h6-11,14H,3-5,12-13,15H2,1-2H3,(H,23,25). The summed E-state index contributed by atoms with van der Waals surface area (Å²) < 4.78 is 11.1. The molecule has 0 aromatic heterocycles. The SMILES string of the molecule is COc1cc(C(=S)N2CCCCC2)ccc1OCC(=O)Nc1ccc(C)cc1. The van der Waals surface area contributed by atoms with Gasteiger partial charge in [-0.2, -0.15) is 0 Å². The van der Waals surface area contributed by atoms with Crippen molar-refractivity contribution in [2.45, 2.75) is 26.2 Å². The third kappa shape index (κ3) is 5.23. The van der Waals surface area contributed by atoms with Gasteiger partial charge in [0.1, 0.15) is 4.99 Å². The van der Waals surface area contributed by atoms with Crippen molar-refractivity contribution in [2.75, 3.05) is 32.1 Å². The van der Waals surface area contributed by atoms with Crippen molar-refractivity contribution in [3.05, 3.63) is 53.6 Å². The largest absolute Gasteiger partial charge is 0.493 e. The molecule has 0 aliphatic carbocycles. The number of likely N-dealkylation sites (tertiary alicyclic amines) is 1. The molecule has 1 saturated heterocycles. The van der Waals surface area contributed by atoms with E-state index in [1.165, 1.54) is 19.3 Å². The molecule has 0 atom stereocenters. The molecular formula is C22H26N2O3S. The lowest BCUT2D eigenvalue weighted by molar-refractivity contribution is -0.118. The van der Waals surface area contributed by atoms with Crippen LogP contribution in [0.1, 0.15) is 30.4 Å². The normalized spacial score (nSPS) is 13.7. The molecule has 1 amide bonds. The monoisotopic (exact) mass is 398 g/mol. The number of methoxy groups -OCH3 is 1. The van der Waals surface area contributed by atoms with Crippen LogP contribution in [0.3, 0.4) is 0 Å².